The Balaban J connectivity index is 1.25. The van der Waals surface area contributed by atoms with Crippen molar-refractivity contribution >= 4 is 5.96 Å². The molecular formula is C17H32N4O3. The molecule has 3 unspecified atom stereocenters. The summed E-state index contributed by atoms with van der Waals surface area (Å²) in [5.41, 5.74) is 0. The Morgan fingerprint density at radius 1 is 1.29 bits per heavy atom. The number of hydrogen-bond donors (Lipinski definition) is 2. The van der Waals surface area contributed by atoms with Gasteiger partial charge in [-0.05, 0) is 32.2 Å². The minimum absolute atomic E-state index is 0.253. The second-order valence-electron chi connectivity index (χ2n) is 6.84. The zero-order valence-electron chi connectivity index (χ0n) is 14.8. The predicted molar refractivity (Wildman–Crippen MR) is 93.5 cm³/mol. The van der Waals surface area contributed by atoms with E-state index in [0.29, 0.717) is 12.1 Å². The van der Waals surface area contributed by atoms with Crippen LogP contribution in [-0.4, -0.2) is 88.8 Å². The van der Waals surface area contributed by atoms with Crippen molar-refractivity contribution in [3.05, 3.63) is 0 Å². The molecule has 2 N–H and O–H groups in total. The fourth-order valence-corrected chi connectivity index (χ4v) is 3.61. The third-order valence-corrected chi connectivity index (χ3v) is 5.04. The van der Waals surface area contributed by atoms with Gasteiger partial charge in [0.05, 0.1) is 25.4 Å². The summed E-state index contributed by atoms with van der Waals surface area (Å²) in [5, 5.41) is 6.72. The molecule has 3 aliphatic heterocycles. The van der Waals surface area contributed by atoms with Gasteiger partial charge in [0.15, 0.2) is 5.96 Å². The summed E-state index contributed by atoms with van der Waals surface area (Å²) in [6, 6.07) is 0.656. The molecule has 0 amide bonds. The average Bonchev–Trinajstić information content (AvgIpc) is 3.28. The summed E-state index contributed by atoms with van der Waals surface area (Å²) in [6.07, 6.45) is 5.14. The predicted octanol–water partition coefficient (Wildman–Crippen LogP) is 0.210. The molecule has 3 fully saturated rings. The Kier molecular flexibility index (Phi) is 7.13. The average molecular weight is 340 g/mol. The van der Waals surface area contributed by atoms with Gasteiger partial charge in [-0.25, -0.2) is 0 Å². The van der Waals surface area contributed by atoms with Crippen LogP contribution >= 0.6 is 0 Å². The van der Waals surface area contributed by atoms with Crippen molar-refractivity contribution < 1.29 is 14.2 Å². The standard InChI is InChI=1S/C17H32N4O3/c1-18-17(19-6-3-8-23-15-5-9-22-13-15)20-10-16-11-21-7-2-4-14(21)12-24-16/h14-16H,2-13H2,1H3,(H2,18,19,20). The van der Waals surface area contributed by atoms with Gasteiger partial charge in [-0.3, -0.25) is 9.89 Å². The zero-order valence-corrected chi connectivity index (χ0v) is 14.8. The molecule has 3 heterocycles. The van der Waals surface area contributed by atoms with Gasteiger partial charge in [-0.15, -0.1) is 0 Å². The molecular weight excluding hydrogens is 308 g/mol. The molecule has 0 aromatic rings. The molecule has 0 bridgehead atoms. The van der Waals surface area contributed by atoms with Crippen LogP contribution in [0.3, 0.4) is 0 Å². The Bertz CT molecular complexity index is 401. The Labute approximate surface area is 145 Å². The number of morpholine rings is 1. The van der Waals surface area contributed by atoms with Gasteiger partial charge in [-0.2, -0.15) is 0 Å². The summed E-state index contributed by atoms with van der Waals surface area (Å²) in [5.74, 6) is 0.839. The van der Waals surface area contributed by atoms with Crippen LogP contribution < -0.4 is 10.6 Å². The molecule has 7 nitrogen and oxygen atoms in total. The number of guanidine groups is 1. The van der Waals surface area contributed by atoms with Gasteiger partial charge < -0.3 is 24.8 Å². The molecule has 0 aromatic carbocycles. The fraction of sp³-hybridized carbons (Fsp3) is 0.941. The normalized spacial score (nSPS) is 31.2. The van der Waals surface area contributed by atoms with Crippen molar-refractivity contribution in [3.8, 4) is 0 Å². The smallest absolute Gasteiger partial charge is 0.191 e. The number of fused-ring (bicyclic) bond motifs is 1. The van der Waals surface area contributed by atoms with Gasteiger partial charge in [0.25, 0.3) is 0 Å². The Morgan fingerprint density at radius 2 is 2.25 bits per heavy atom. The van der Waals surface area contributed by atoms with Crippen LogP contribution in [0.5, 0.6) is 0 Å². The van der Waals surface area contributed by atoms with Gasteiger partial charge in [0.1, 0.15) is 0 Å². The summed E-state index contributed by atoms with van der Waals surface area (Å²) < 4.78 is 17.0. The van der Waals surface area contributed by atoms with E-state index in [9.17, 15) is 0 Å². The van der Waals surface area contributed by atoms with Crippen molar-refractivity contribution in [1.29, 1.82) is 0 Å². The van der Waals surface area contributed by atoms with Crippen LogP contribution in [0.4, 0.5) is 0 Å². The van der Waals surface area contributed by atoms with Crippen molar-refractivity contribution in [1.82, 2.24) is 15.5 Å². The minimum Gasteiger partial charge on any atom is -0.379 e. The van der Waals surface area contributed by atoms with Gasteiger partial charge >= 0.3 is 0 Å². The van der Waals surface area contributed by atoms with E-state index in [1.807, 2.05) is 0 Å². The summed E-state index contributed by atoms with van der Waals surface area (Å²) in [7, 11) is 1.81. The molecule has 0 aromatic heterocycles. The maximum absolute atomic E-state index is 5.97. The van der Waals surface area contributed by atoms with Crippen LogP contribution in [0.15, 0.2) is 4.99 Å². The summed E-state index contributed by atoms with van der Waals surface area (Å²) in [4.78, 5) is 6.84. The monoisotopic (exact) mass is 340 g/mol. The molecule has 0 radical (unpaired) electrons. The number of nitrogens with one attached hydrogen (secondary N) is 2. The van der Waals surface area contributed by atoms with E-state index >= 15 is 0 Å². The van der Waals surface area contributed by atoms with E-state index in [0.717, 1.165) is 64.9 Å². The molecule has 3 atom stereocenters. The highest BCUT2D eigenvalue weighted by molar-refractivity contribution is 5.79. The van der Waals surface area contributed by atoms with Crippen molar-refractivity contribution in [2.75, 3.05) is 59.7 Å². The maximum Gasteiger partial charge on any atom is 0.191 e. The lowest BCUT2D eigenvalue weighted by molar-refractivity contribution is -0.0453. The lowest BCUT2D eigenvalue weighted by Gasteiger charge is -2.35. The maximum atomic E-state index is 5.97. The first-order valence-electron chi connectivity index (χ1n) is 9.34. The van der Waals surface area contributed by atoms with Crippen molar-refractivity contribution in [2.45, 2.75) is 43.9 Å². The number of aliphatic imine (C=N–C) groups is 1. The largest absolute Gasteiger partial charge is 0.379 e. The highest BCUT2D eigenvalue weighted by Gasteiger charge is 2.32. The fourth-order valence-electron chi connectivity index (χ4n) is 3.61. The second-order valence-corrected chi connectivity index (χ2v) is 6.84. The Morgan fingerprint density at radius 3 is 3.08 bits per heavy atom. The molecule has 3 saturated heterocycles. The first-order chi connectivity index (χ1) is 11.8. The molecule has 24 heavy (non-hydrogen) atoms. The van der Waals surface area contributed by atoms with E-state index in [2.05, 4.69) is 20.5 Å². The van der Waals surface area contributed by atoms with Crippen LogP contribution in [0.1, 0.15) is 25.7 Å². The number of rotatable bonds is 7. The first kappa shape index (κ1) is 17.9. The SMILES string of the molecule is CN=C(NCCCOC1CCOC1)NCC1CN2CCCC2CO1. The van der Waals surface area contributed by atoms with E-state index in [1.54, 1.807) is 7.05 Å². The number of nitrogens with zero attached hydrogens (tertiary/aromatic N) is 2. The van der Waals surface area contributed by atoms with Crippen LogP contribution in [0.25, 0.3) is 0 Å². The van der Waals surface area contributed by atoms with Gasteiger partial charge in [0, 0.05) is 45.9 Å². The van der Waals surface area contributed by atoms with Crippen LogP contribution in [0.2, 0.25) is 0 Å². The summed E-state index contributed by atoms with van der Waals surface area (Å²) >= 11 is 0. The molecule has 3 aliphatic rings. The molecule has 3 rings (SSSR count). The molecule has 0 saturated carbocycles. The van der Waals surface area contributed by atoms with E-state index in [4.69, 9.17) is 14.2 Å². The van der Waals surface area contributed by atoms with Gasteiger partial charge in [-0.1, -0.05) is 0 Å². The summed E-state index contributed by atoms with van der Waals surface area (Å²) in [6.45, 7) is 7.14. The molecule has 7 heteroatoms. The molecule has 0 aliphatic carbocycles. The van der Waals surface area contributed by atoms with E-state index < -0.39 is 0 Å². The molecule has 138 valence electrons. The van der Waals surface area contributed by atoms with E-state index in [1.165, 1.54) is 19.4 Å². The highest BCUT2D eigenvalue weighted by Crippen LogP contribution is 2.22. The lowest BCUT2D eigenvalue weighted by atomic mass is 10.2. The Hall–Kier alpha value is -0.890. The third kappa shape index (κ3) is 5.31. The van der Waals surface area contributed by atoms with Crippen LogP contribution in [-0.2, 0) is 14.2 Å². The number of hydrogen-bond acceptors (Lipinski definition) is 5. The highest BCUT2D eigenvalue weighted by atomic mass is 16.5. The lowest BCUT2D eigenvalue weighted by Crippen LogP contribution is -2.51. The molecule has 0 spiro atoms. The topological polar surface area (TPSA) is 67.4 Å². The van der Waals surface area contributed by atoms with Crippen LogP contribution in [0, 0.1) is 0 Å². The number of ether oxygens (including phenoxy) is 3. The minimum atomic E-state index is 0.253. The first-order valence-corrected chi connectivity index (χ1v) is 9.34. The third-order valence-electron chi connectivity index (χ3n) is 5.04. The van der Waals surface area contributed by atoms with E-state index in [-0.39, 0.29) is 6.10 Å². The second kappa shape index (κ2) is 9.56. The van der Waals surface area contributed by atoms with Crippen molar-refractivity contribution in [2.24, 2.45) is 4.99 Å². The zero-order chi connectivity index (χ0) is 16.6. The quantitative estimate of drug-likeness (QED) is 0.392. The van der Waals surface area contributed by atoms with Gasteiger partial charge in [0.2, 0.25) is 0 Å². The van der Waals surface area contributed by atoms with Crippen molar-refractivity contribution in [3.63, 3.8) is 0 Å².